The molecule has 0 radical (unpaired) electrons. The fourth-order valence-corrected chi connectivity index (χ4v) is 3.97. The highest BCUT2D eigenvalue weighted by molar-refractivity contribution is 5.72. The largest absolute Gasteiger partial charge is 0.476 e. The highest BCUT2D eigenvalue weighted by Gasteiger charge is 2.27. The maximum absolute atomic E-state index is 11.7. The van der Waals surface area contributed by atoms with Gasteiger partial charge >= 0.3 is 5.97 Å². The van der Waals surface area contributed by atoms with E-state index in [1.54, 1.807) is 6.20 Å². The Hall–Kier alpha value is -2.02. The van der Waals surface area contributed by atoms with Crippen LogP contribution in [0.25, 0.3) is 0 Å². The number of esters is 1. The Morgan fingerprint density at radius 2 is 2.00 bits per heavy atom. The van der Waals surface area contributed by atoms with Crippen molar-refractivity contribution in [2.45, 2.75) is 51.0 Å². The molecule has 0 amide bonds. The minimum Gasteiger partial charge on any atom is -0.476 e. The van der Waals surface area contributed by atoms with Gasteiger partial charge in [0.2, 0.25) is 5.88 Å². The van der Waals surface area contributed by atoms with Crippen LogP contribution in [0.15, 0.2) is 12.3 Å². The number of aromatic nitrogens is 1. The molecule has 2 aliphatic rings. The van der Waals surface area contributed by atoms with E-state index in [9.17, 15) is 4.79 Å². The van der Waals surface area contributed by atoms with Crippen molar-refractivity contribution in [3.05, 3.63) is 12.3 Å². The number of piperidine rings is 1. The number of nitrogens with one attached hydrogen (secondary N) is 1. The van der Waals surface area contributed by atoms with Crippen LogP contribution < -0.4 is 15.8 Å². The molecule has 1 saturated carbocycles. The number of ether oxygens (including phenoxy) is 2. The molecule has 150 valence electrons. The SMILES string of the molecule is COC(=O)C1CCC(Nc2cc(OCCN3CCCCC3)ncc2N)CC1. The molecule has 3 rings (SSSR count). The molecule has 2 fully saturated rings. The molecule has 1 saturated heterocycles. The maximum Gasteiger partial charge on any atom is 0.308 e. The monoisotopic (exact) mass is 376 g/mol. The third-order valence-corrected chi connectivity index (χ3v) is 5.64. The number of carbonyl (C=O) groups excluding carboxylic acids is 1. The summed E-state index contributed by atoms with van der Waals surface area (Å²) in [6.45, 7) is 3.91. The summed E-state index contributed by atoms with van der Waals surface area (Å²) in [6.07, 6.45) is 9.09. The molecule has 1 aliphatic carbocycles. The lowest BCUT2D eigenvalue weighted by atomic mass is 9.86. The minimum absolute atomic E-state index is 0.0246. The van der Waals surface area contributed by atoms with Gasteiger partial charge in [0.1, 0.15) is 6.61 Å². The number of anilines is 2. The van der Waals surface area contributed by atoms with E-state index in [1.807, 2.05) is 6.07 Å². The molecular weight excluding hydrogens is 344 g/mol. The third kappa shape index (κ3) is 5.73. The van der Waals surface area contributed by atoms with Crippen molar-refractivity contribution in [1.82, 2.24) is 9.88 Å². The summed E-state index contributed by atoms with van der Waals surface area (Å²) in [5.41, 5.74) is 7.57. The van der Waals surface area contributed by atoms with Gasteiger partial charge in [-0.05, 0) is 51.6 Å². The van der Waals surface area contributed by atoms with E-state index >= 15 is 0 Å². The van der Waals surface area contributed by atoms with Gasteiger partial charge in [0.25, 0.3) is 0 Å². The number of likely N-dealkylation sites (tertiary alicyclic amines) is 1. The highest BCUT2D eigenvalue weighted by atomic mass is 16.5. The van der Waals surface area contributed by atoms with Crippen LogP contribution in [0.5, 0.6) is 5.88 Å². The molecule has 0 unspecified atom stereocenters. The predicted octanol–water partition coefficient (Wildman–Crippen LogP) is 2.67. The maximum atomic E-state index is 11.7. The Kier molecular flexibility index (Phi) is 7.15. The van der Waals surface area contributed by atoms with Gasteiger partial charge in [-0.25, -0.2) is 4.98 Å². The van der Waals surface area contributed by atoms with E-state index in [-0.39, 0.29) is 11.9 Å². The number of nitrogen functional groups attached to an aromatic ring is 1. The lowest BCUT2D eigenvalue weighted by Crippen LogP contribution is -2.33. The minimum atomic E-state index is -0.0960. The number of hydrogen-bond acceptors (Lipinski definition) is 7. The van der Waals surface area contributed by atoms with Gasteiger partial charge in [-0.1, -0.05) is 6.42 Å². The Balaban J connectivity index is 1.47. The molecule has 3 N–H and O–H groups in total. The van der Waals surface area contributed by atoms with Gasteiger partial charge in [-0.3, -0.25) is 9.69 Å². The van der Waals surface area contributed by atoms with Crippen LogP contribution in [0.1, 0.15) is 44.9 Å². The van der Waals surface area contributed by atoms with Crippen molar-refractivity contribution in [2.75, 3.05) is 44.4 Å². The summed E-state index contributed by atoms with van der Waals surface area (Å²) in [4.78, 5) is 18.4. The quantitative estimate of drug-likeness (QED) is 0.707. The van der Waals surface area contributed by atoms with Crippen LogP contribution in [0.4, 0.5) is 11.4 Å². The van der Waals surface area contributed by atoms with Gasteiger partial charge in [0, 0.05) is 18.7 Å². The van der Waals surface area contributed by atoms with Crippen molar-refractivity contribution in [1.29, 1.82) is 0 Å². The van der Waals surface area contributed by atoms with Crippen LogP contribution in [0.3, 0.4) is 0 Å². The van der Waals surface area contributed by atoms with E-state index in [4.69, 9.17) is 15.2 Å². The number of nitrogens with two attached hydrogens (primary N) is 1. The fourth-order valence-electron chi connectivity index (χ4n) is 3.97. The number of nitrogens with zero attached hydrogens (tertiary/aromatic N) is 2. The van der Waals surface area contributed by atoms with Gasteiger partial charge in [0.15, 0.2) is 0 Å². The van der Waals surface area contributed by atoms with Crippen LogP contribution in [0.2, 0.25) is 0 Å². The Morgan fingerprint density at radius 1 is 1.26 bits per heavy atom. The van der Waals surface area contributed by atoms with Gasteiger partial charge in [0.05, 0.1) is 30.6 Å². The lowest BCUT2D eigenvalue weighted by Gasteiger charge is -2.28. The predicted molar refractivity (Wildman–Crippen MR) is 106 cm³/mol. The average molecular weight is 377 g/mol. The van der Waals surface area contributed by atoms with Crippen molar-refractivity contribution in [3.8, 4) is 5.88 Å². The Morgan fingerprint density at radius 3 is 2.70 bits per heavy atom. The standard InChI is InChI=1S/C20H32N4O3/c1-26-20(25)15-5-7-16(8-6-15)23-18-13-19(22-14-17(18)21)27-12-11-24-9-3-2-4-10-24/h13-16H,2-12,21H2,1H3,(H,22,23). The van der Waals surface area contributed by atoms with Gasteiger partial charge in [-0.2, -0.15) is 0 Å². The summed E-state index contributed by atoms with van der Waals surface area (Å²) < 4.78 is 10.7. The summed E-state index contributed by atoms with van der Waals surface area (Å²) in [5, 5.41) is 3.50. The molecule has 1 aromatic rings. The zero-order valence-corrected chi connectivity index (χ0v) is 16.3. The number of rotatable bonds is 7. The first-order valence-corrected chi connectivity index (χ1v) is 10.1. The summed E-state index contributed by atoms with van der Waals surface area (Å²) in [6, 6.07) is 2.19. The zero-order chi connectivity index (χ0) is 19.1. The van der Waals surface area contributed by atoms with Gasteiger partial charge < -0.3 is 20.5 Å². The normalized spacial score (nSPS) is 23.6. The second kappa shape index (κ2) is 9.78. The zero-order valence-electron chi connectivity index (χ0n) is 16.3. The summed E-state index contributed by atoms with van der Waals surface area (Å²) >= 11 is 0. The van der Waals surface area contributed by atoms with Crippen LogP contribution in [-0.4, -0.2) is 55.2 Å². The van der Waals surface area contributed by atoms with Crippen LogP contribution in [-0.2, 0) is 9.53 Å². The smallest absolute Gasteiger partial charge is 0.308 e. The first-order valence-electron chi connectivity index (χ1n) is 10.1. The molecule has 0 atom stereocenters. The first kappa shape index (κ1) is 19.7. The molecule has 0 bridgehead atoms. The molecule has 27 heavy (non-hydrogen) atoms. The van der Waals surface area contributed by atoms with E-state index in [1.165, 1.54) is 39.5 Å². The Bertz CT molecular complexity index is 611. The highest BCUT2D eigenvalue weighted by Crippen LogP contribution is 2.30. The van der Waals surface area contributed by atoms with Gasteiger partial charge in [-0.15, -0.1) is 0 Å². The molecule has 0 spiro atoms. The molecule has 7 heteroatoms. The second-order valence-electron chi connectivity index (χ2n) is 7.58. The molecule has 0 aromatic carbocycles. The fraction of sp³-hybridized carbons (Fsp3) is 0.700. The number of methoxy groups -OCH3 is 1. The molecule has 1 aromatic heterocycles. The van der Waals surface area contributed by atoms with E-state index in [0.29, 0.717) is 24.2 Å². The molecule has 1 aliphatic heterocycles. The van der Waals surface area contributed by atoms with E-state index in [0.717, 1.165) is 37.9 Å². The number of pyridine rings is 1. The average Bonchev–Trinajstić information content (AvgIpc) is 2.71. The van der Waals surface area contributed by atoms with Crippen molar-refractivity contribution in [3.63, 3.8) is 0 Å². The van der Waals surface area contributed by atoms with E-state index in [2.05, 4.69) is 15.2 Å². The molecular formula is C20H32N4O3. The Labute approximate surface area is 161 Å². The van der Waals surface area contributed by atoms with Crippen molar-refractivity contribution >= 4 is 17.3 Å². The lowest BCUT2D eigenvalue weighted by molar-refractivity contribution is -0.146. The molecule has 7 nitrogen and oxygen atoms in total. The third-order valence-electron chi connectivity index (χ3n) is 5.64. The van der Waals surface area contributed by atoms with Crippen molar-refractivity contribution in [2.24, 2.45) is 5.92 Å². The van der Waals surface area contributed by atoms with Crippen LogP contribution >= 0.6 is 0 Å². The van der Waals surface area contributed by atoms with Crippen molar-refractivity contribution < 1.29 is 14.3 Å². The summed E-state index contributed by atoms with van der Waals surface area (Å²) in [5.74, 6) is 0.532. The topological polar surface area (TPSA) is 89.7 Å². The number of hydrogen-bond donors (Lipinski definition) is 2. The second-order valence-corrected chi connectivity index (χ2v) is 7.58. The van der Waals surface area contributed by atoms with E-state index < -0.39 is 0 Å². The molecule has 2 heterocycles. The first-order chi connectivity index (χ1) is 13.2. The number of carbonyl (C=O) groups is 1. The van der Waals surface area contributed by atoms with Crippen LogP contribution in [0, 0.1) is 5.92 Å². The summed E-state index contributed by atoms with van der Waals surface area (Å²) in [7, 11) is 1.46.